The summed E-state index contributed by atoms with van der Waals surface area (Å²) >= 11 is 1.48. The fourth-order valence-electron chi connectivity index (χ4n) is 2.72. The van der Waals surface area contributed by atoms with Crippen LogP contribution in [0, 0.1) is 0 Å². The van der Waals surface area contributed by atoms with E-state index in [0.29, 0.717) is 17.8 Å². The van der Waals surface area contributed by atoms with E-state index in [-0.39, 0.29) is 17.6 Å². The number of hydrogen-bond donors (Lipinski definition) is 2. The van der Waals surface area contributed by atoms with Gasteiger partial charge in [-0.2, -0.15) is 0 Å². The third-order valence-corrected chi connectivity index (χ3v) is 5.07. The van der Waals surface area contributed by atoms with Gasteiger partial charge in [-0.3, -0.25) is 9.59 Å². The van der Waals surface area contributed by atoms with Crippen molar-refractivity contribution in [1.29, 1.82) is 0 Å². The van der Waals surface area contributed by atoms with Gasteiger partial charge in [-0.05, 0) is 41.5 Å². The Bertz CT molecular complexity index is 956. The number of nitrogens with one attached hydrogen (secondary N) is 2. The van der Waals surface area contributed by atoms with Crippen LogP contribution in [0.5, 0.6) is 0 Å². The fraction of sp³-hybridized carbons (Fsp3) is 0.182. The molecule has 3 aromatic carbocycles. The molecule has 0 unspecified atom stereocenters. The molecule has 4 nitrogen and oxygen atoms in total. The molecule has 0 atom stereocenters. The van der Waals surface area contributed by atoms with E-state index in [4.69, 9.17) is 0 Å². The number of carbonyl (C=O) groups excluding carboxylic acids is 2. The molecule has 3 aromatic rings. The van der Waals surface area contributed by atoms with Crippen molar-refractivity contribution in [2.45, 2.75) is 18.2 Å². The summed E-state index contributed by atoms with van der Waals surface area (Å²) in [5, 5.41) is 8.03. The Morgan fingerprint density at radius 2 is 1.67 bits per heavy atom. The van der Waals surface area contributed by atoms with Gasteiger partial charge in [-0.1, -0.05) is 49.4 Å². The summed E-state index contributed by atoms with van der Waals surface area (Å²) in [5.74, 6) is -0.0256. The molecule has 0 spiro atoms. The molecule has 2 N–H and O–H groups in total. The van der Waals surface area contributed by atoms with Gasteiger partial charge in [-0.25, -0.2) is 0 Å². The van der Waals surface area contributed by atoms with Crippen LogP contribution in [0.15, 0.2) is 71.6 Å². The predicted octanol–water partition coefficient (Wildman–Crippen LogP) is 4.71. The van der Waals surface area contributed by atoms with Gasteiger partial charge in [0.15, 0.2) is 0 Å². The number of anilines is 1. The third kappa shape index (κ3) is 5.11. The number of para-hydroxylation sites is 1. The lowest BCUT2D eigenvalue weighted by molar-refractivity contribution is -0.113. The molecule has 3 rings (SSSR count). The van der Waals surface area contributed by atoms with Gasteiger partial charge in [0, 0.05) is 11.4 Å². The van der Waals surface area contributed by atoms with Crippen LogP contribution in [0.2, 0.25) is 0 Å². The van der Waals surface area contributed by atoms with Crippen molar-refractivity contribution < 1.29 is 9.59 Å². The second-order valence-corrected chi connectivity index (χ2v) is 7.20. The molecule has 0 radical (unpaired) electrons. The Morgan fingerprint density at radius 3 is 2.48 bits per heavy atom. The molecule has 0 heterocycles. The van der Waals surface area contributed by atoms with E-state index >= 15 is 0 Å². The summed E-state index contributed by atoms with van der Waals surface area (Å²) in [5.41, 5.74) is 1.02. The first kappa shape index (κ1) is 19.0. The summed E-state index contributed by atoms with van der Waals surface area (Å²) in [7, 11) is 0. The quantitative estimate of drug-likeness (QED) is 0.585. The molecule has 0 aliphatic carbocycles. The van der Waals surface area contributed by atoms with Gasteiger partial charge in [-0.15, -0.1) is 11.8 Å². The molecular formula is C22H22N2O2S. The van der Waals surface area contributed by atoms with Crippen LogP contribution in [-0.4, -0.2) is 24.1 Å². The van der Waals surface area contributed by atoms with E-state index in [0.717, 1.165) is 16.7 Å². The monoisotopic (exact) mass is 378 g/mol. The molecule has 27 heavy (non-hydrogen) atoms. The lowest BCUT2D eigenvalue weighted by atomic mass is 10.1. The van der Waals surface area contributed by atoms with Crippen molar-refractivity contribution in [1.82, 2.24) is 5.32 Å². The molecule has 0 saturated carbocycles. The second kappa shape index (κ2) is 9.24. The number of amides is 2. The van der Waals surface area contributed by atoms with E-state index < -0.39 is 0 Å². The van der Waals surface area contributed by atoms with Crippen molar-refractivity contribution in [2.24, 2.45) is 0 Å². The highest BCUT2D eigenvalue weighted by Gasteiger charge is 2.12. The number of benzene rings is 3. The summed E-state index contributed by atoms with van der Waals surface area (Å²) in [6.07, 6.45) is 0.864. The lowest BCUT2D eigenvalue weighted by Crippen LogP contribution is -2.26. The minimum absolute atomic E-state index is 0.135. The first-order valence-electron chi connectivity index (χ1n) is 8.96. The van der Waals surface area contributed by atoms with Gasteiger partial charge in [0.05, 0.1) is 17.0 Å². The fourth-order valence-corrected chi connectivity index (χ4v) is 3.46. The maximum absolute atomic E-state index is 12.4. The van der Waals surface area contributed by atoms with Crippen molar-refractivity contribution >= 4 is 40.0 Å². The number of carbonyl (C=O) groups is 2. The van der Waals surface area contributed by atoms with Crippen LogP contribution < -0.4 is 10.6 Å². The molecule has 0 aliphatic heterocycles. The molecule has 0 aliphatic rings. The number of rotatable bonds is 7. The Labute approximate surface area is 163 Å². The molecule has 2 amide bonds. The van der Waals surface area contributed by atoms with E-state index in [1.54, 1.807) is 18.2 Å². The van der Waals surface area contributed by atoms with Gasteiger partial charge in [0.2, 0.25) is 5.91 Å². The van der Waals surface area contributed by atoms with Crippen LogP contribution in [0.4, 0.5) is 5.69 Å². The van der Waals surface area contributed by atoms with Gasteiger partial charge >= 0.3 is 0 Å². The van der Waals surface area contributed by atoms with Gasteiger partial charge < -0.3 is 10.6 Å². The SMILES string of the molecule is CCCNC(=O)c1ccccc1NC(=O)CSc1ccc2ccccc2c1. The summed E-state index contributed by atoms with van der Waals surface area (Å²) < 4.78 is 0. The summed E-state index contributed by atoms with van der Waals surface area (Å²) in [6.45, 7) is 2.61. The van der Waals surface area contributed by atoms with E-state index in [1.807, 2.05) is 31.2 Å². The van der Waals surface area contributed by atoms with Crippen molar-refractivity contribution in [3.8, 4) is 0 Å². The van der Waals surface area contributed by atoms with Gasteiger partial charge in [0.1, 0.15) is 0 Å². The average molecular weight is 378 g/mol. The topological polar surface area (TPSA) is 58.2 Å². The number of thioether (sulfide) groups is 1. The lowest BCUT2D eigenvalue weighted by Gasteiger charge is -2.11. The van der Waals surface area contributed by atoms with E-state index in [9.17, 15) is 9.59 Å². The van der Waals surface area contributed by atoms with Crippen molar-refractivity contribution in [3.63, 3.8) is 0 Å². The molecule has 0 fully saturated rings. The highest BCUT2D eigenvalue weighted by molar-refractivity contribution is 8.00. The van der Waals surface area contributed by atoms with Crippen LogP contribution in [0.25, 0.3) is 10.8 Å². The molecule has 0 bridgehead atoms. The summed E-state index contributed by atoms with van der Waals surface area (Å²) in [6, 6.07) is 21.4. The highest BCUT2D eigenvalue weighted by Crippen LogP contribution is 2.24. The molecule has 5 heteroatoms. The maximum Gasteiger partial charge on any atom is 0.253 e. The zero-order valence-electron chi connectivity index (χ0n) is 15.2. The Balaban J connectivity index is 1.63. The minimum Gasteiger partial charge on any atom is -0.352 e. The minimum atomic E-state index is -0.171. The largest absolute Gasteiger partial charge is 0.352 e. The number of fused-ring (bicyclic) bond motifs is 1. The Morgan fingerprint density at radius 1 is 0.926 bits per heavy atom. The van der Waals surface area contributed by atoms with E-state index in [2.05, 4.69) is 34.9 Å². The van der Waals surface area contributed by atoms with E-state index in [1.165, 1.54) is 17.1 Å². The second-order valence-electron chi connectivity index (χ2n) is 6.15. The Hall–Kier alpha value is -2.79. The molecule has 0 aromatic heterocycles. The number of hydrogen-bond acceptors (Lipinski definition) is 3. The van der Waals surface area contributed by atoms with Crippen molar-refractivity contribution in [3.05, 3.63) is 72.3 Å². The molecule has 0 saturated heterocycles. The smallest absolute Gasteiger partial charge is 0.253 e. The molecular weight excluding hydrogens is 356 g/mol. The average Bonchev–Trinajstić information content (AvgIpc) is 2.70. The first-order chi connectivity index (χ1) is 13.2. The summed E-state index contributed by atoms with van der Waals surface area (Å²) in [4.78, 5) is 25.7. The standard InChI is InChI=1S/C22H22N2O2S/c1-2-13-23-22(26)19-9-5-6-10-20(19)24-21(25)15-27-18-12-11-16-7-3-4-8-17(16)14-18/h3-12,14H,2,13,15H2,1H3,(H,23,26)(H,24,25). The Kier molecular flexibility index (Phi) is 6.49. The maximum atomic E-state index is 12.4. The predicted molar refractivity (Wildman–Crippen MR) is 112 cm³/mol. The zero-order chi connectivity index (χ0) is 19.1. The third-order valence-electron chi connectivity index (χ3n) is 4.07. The van der Waals surface area contributed by atoms with Crippen molar-refractivity contribution in [2.75, 3.05) is 17.6 Å². The normalized spacial score (nSPS) is 10.6. The first-order valence-corrected chi connectivity index (χ1v) is 9.94. The van der Waals surface area contributed by atoms with Crippen LogP contribution >= 0.6 is 11.8 Å². The van der Waals surface area contributed by atoms with Crippen LogP contribution in [0.3, 0.4) is 0 Å². The zero-order valence-corrected chi connectivity index (χ0v) is 16.0. The van der Waals surface area contributed by atoms with Gasteiger partial charge in [0.25, 0.3) is 5.91 Å². The van der Waals surface area contributed by atoms with Crippen LogP contribution in [0.1, 0.15) is 23.7 Å². The molecule has 138 valence electrons. The highest BCUT2D eigenvalue weighted by atomic mass is 32.2. The van der Waals surface area contributed by atoms with Crippen LogP contribution in [-0.2, 0) is 4.79 Å².